The highest BCUT2D eigenvalue weighted by Gasteiger charge is 2.22. The first-order chi connectivity index (χ1) is 4.75. The molecule has 0 aromatic heterocycles. The molecular formula is C9H19N. The van der Waals surface area contributed by atoms with E-state index in [0.717, 1.165) is 12.0 Å². The first-order valence-electron chi connectivity index (χ1n) is 4.49. The predicted molar refractivity (Wildman–Crippen MR) is 45.1 cm³/mol. The summed E-state index contributed by atoms with van der Waals surface area (Å²) in [5.41, 5.74) is 0. The van der Waals surface area contributed by atoms with Crippen molar-refractivity contribution in [1.29, 1.82) is 0 Å². The molecule has 0 spiro atoms. The van der Waals surface area contributed by atoms with Crippen LogP contribution in [0.25, 0.3) is 0 Å². The minimum absolute atomic E-state index is 0.818. The van der Waals surface area contributed by atoms with Gasteiger partial charge in [-0.1, -0.05) is 13.8 Å². The van der Waals surface area contributed by atoms with Crippen molar-refractivity contribution in [3.05, 3.63) is 0 Å². The second kappa shape index (κ2) is 3.38. The number of piperidine rings is 1. The Kier molecular flexibility index (Phi) is 2.72. The number of likely N-dealkylation sites (tertiary alicyclic amines) is 1. The van der Waals surface area contributed by atoms with E-state index in [2.05, 4.69) is 25.7 Å². The highest BCUT2D eigenvalue weighted by atomic mass is 15.2. The van der Waals surface area contributed by atoms with Gasteiger partial charge in [-0.15, -0.1) is 0 Å². The van der Waals surface area contributed by atoms with E-state index in [1.807, 2.05) is 0 Å². The third-order valence-electron chi connectivity index (χ3n) is 2.91. The van der Waals surface area contributed by atoms with Crippen molar-refractivity contribution in [3.63, 3.8) is 0 Å². The number of hydrogen-bond donors (Lipinski definition) is 0. The SMILES string of the molecule is CCN1CCC[C@@H](C)[C@H]1C. The van der Waals surface area contributed by atoms with Gasteiger partial charge >= 0.3 is 0 Å². The molecular weight excluding hydrogens is 122 g/mol. The monoisotopic (exact) mass is 141 g/mol. The summed E-state index contributed by atoms with van der Waals surface area (Å²) in [5, 5.41) is 0. The molecule has 1 aliphatic rings. The molecule has 1 aliphatic heterocycles. The molecule has 0 amide bonds. The summed E-state index contributed by atoms with van der Waals surface area (Å²) in [5.74, 6) is 0.911. The molecule has 60 valence electrons. The second-order valence-electron chi connectivity index (χ2n) is 3.49. The third kappa shape index (κ3) is 1.51. The summed E-state index contributed by atoms with van der Waals surface area (Å²) in [7, 11) is 0. The fourth-order valence-electron chi connectivity index (χ4n) is 1.87. The van der Waals surface area contributed by atoms with E-state index in [4.69, 9.17) is 0 Å². The van der Waals surface area contributed by atoms with Crippen LogP contribution in [0.4, 0.5) is 0 Å². The van der Waals surface area contributed by atoms with Gasteiger partial charge in [0.25, 0.3) is 0 Å². The van der Waals surface area contributed by atoms with Crippen LogP contribution >= 0.6 is 0 Å². The largest absolute Gasteiger partial charge is 0.301 e. The zero-order valence-electron chi connectivity index (χ0n) is 7.43. The fraction of sp³-hybridized carbons (Fsp3) is 1.00. The molecule has 0 saturated carbocycles. The summed E-state index contributed by atoms with van der Waals surface area (Å²) in [6.45, 7) is 9.53. The van der Waals surface area contributed by atoms with Gasteiger partial charge in [-0.2, -0.15) is 0 Å². The molecule has 2 atom stereocenters. The van der Waals surface area contributed by atoms with Gasteiger partial charge in [0, 0.05) is 6.04 Å². The van der Waals surface area contributed by atoms with Crippen molar-refractivity contribution >= 4 is 0 Å². The number of rotatable bonds is 1. The second-order valence-corrected chi connectivity index (χ2v) is 3.49. The van der Waals surface area contributed by atoms with Crippen LogP contribution < -0.4 is 0 Å². The quantitative estimate of drug-likeness (QED) is 0.540. The highest BCUT2D eigenvalue weighted by molar-refractivity contribution is 4.77. The van der Waals surface area contributed by atoms with Gasteiger partial charge in [0.1, 0.15) is 0 Å². The fourth-order valence-corrected chi connectivity index (χ4v) is 1.87. The zero-order valence-corrected chi connectivity index (χ0v) is 7.43. The van der Waals surface area contributed by atoms with E-state index in [0.29, 0.717) is 0 Å². The molecule has 1 saturated heterocycles. The lowest BCUT2D eigenvalue weighted by molar-refractivity contribution is 0.120. The molecule has 1 fully saturated rings. The molecule has 0 aromatic rings. The summed E-state index contributed by atoms with van der Waals surface area (Å²) in [4.78, 5) is 2.58. The van der Waals surface area contributed by atoms with Gasteiger partial charge < -0.3 is 4.90 Å². The van der Waals surface area contributed by atoms with Crippen LogP contribution in [0, 0.1) is 5.92 Å². The van der Waals surface area contributed by atoms with Crippen LogP contribution in [0.3, 0.4) is 0 Å². The Morgan fingerprint density at radius 1 is 1.40 bits per heavy atom. The molecule has 0 unspecified atom stereocenters. The van der Waals surface area contributed by atoms with Gasteiger partial charge in [0.15, 0.2) is 0 Å². The average molecular weight is 141 g/mol. The van der Waals surface area contributed by atoms with E-state index in [-0.39, 0.29) is 0 Å². The molecule has 1 heterocycles. The van der Waals surface area contributed by atoms with Gasteiger partial charge in [-0.05, 0) is 38.8 Å². The lowest BCUT2D eigenvalue weighted by Gasteiger charge is -2.37. The first kappa shape index (κ1) is 8.06. The Labute approximate surface area is 64.4 Å². The smallest absolute Gasteiger partial charge is 0.00924 e. The van der Waals surface area contributed by atoms with Crippen LogP contribution in [0.15, 0.2) is 0 Å². The Morgan fingerprint density at radius 2 is 2.10 bits per heavy atom. The lowest BCUT2D eigenvalue weighted by Crippen LogP contribution is -2.41. The molecule has 0 aromatic carbocycles. The zero-order chi connectivity index (χ0) is 7.56. The van der Waals surface area contributed by atoms with Gasteiger partial charge in [-0.3, -0.25) is 0 Å². The first-order valence-corrected chi connectivity index (χ1v) is 4.49. The topological polar surface area (TPSA) is 3.24 Å². The molecule has 0 N–H and O–H groups in total. The molecule has 0 aliphatic carbocycles. The predicted octanol–water partition coefficient (Wildman–Crippen LogP) is 2.13. The van der Waals surface area contributed by atoms with E-state index < -0.39 is 0 Å². The lowest BCUT2D eigenvalue weighted by atomic mass is 9.92. The normalized spacial score (nSPS) is 36.3. The van der Waals surface area contributed by atoms with Crippen molar-refractivity contribution in [2.75, 3.05) is 13.1 Å². The average Bonchev–Trinajstić information content (AvgIpc) is 1.95. The third-order valence-corrected chi connectivity index (χ3v) is 2.91. The Balaban J connectivity index is 2.42. The maximum atomic E-state index is 2.58. The van der Waals surface area contributed by atoms with E-state index in [9.17, 15) is 0 Å². The standard InChI is InChI=1S/C9H19N/c1-4-10-7-5-6-8(2)9(10)3/h8-9H,4-7H2,1-3H3/t8-,9-/m1/s1. The summed E-state index contributed by atoms with van der Waals surface area (Å²) >= 11 is 0. The molecule has 1 heteroatoms. The maximum absolute atomic E-state index is 2.58. The van der Waals surface area contributed by atoms with Crippen molar-refractivity contribution in [3.8, 4) is 0 Å². The Bertz CT molecular complexity index is 101. The molecule has 1 rings (SSSR count). The van der Waals surface area contributed by atoms with Crippen molar-refractivity contribution in [2.24, 2.45) is 5.92 Å². The molecule has 0 bridgehead atoms. The summed E-state index contributed by atoms with van der Waals surface area (Å²) < 4.78 is 0. The molecule has 10 heavy (non-hydrogen) atoms. The van der Waals surface area contributed by atoms with Crippen LogP contribution in [0.5, 0.6) is 0 Å². The van der Waals surface area contributed by atoms with Crippen molar-refractivity contribution in [1.82, 2.24) is 4.90 Å². The number of hydrogen-bond acceptors (Lipinski definition) is 1. The maximum Gasteiger partial charge on any atom is 0.00924 e. The number of nitrogens with zero attached hydrogens (tertiary/aromatic N) is 1. The summed E-state index contributed by atoms with van der Waals surface area (Å²) in [6, 6.07) is 0.818. The Morgan fingerprint density at radius 3 is 2.60 bits per heavy atom. The van der Waals surface area contributed by atoms with Gasteiger partial charge in [-0.25, -0.2) is 0 Å². The van der Waals surface area contributed by atoms with Crippen LogP contribution in [-0.2, 0) is 0 Å². The van der Waals surface area contributed by atoms with Crippen molar-refractivity contribution < 1.29 is 0 Å². The van der Waals surface area contributed by atoms with Gasteiger partial charge in [0.05, 0.1) is 0 Å². The van der Waals surface area contributed by atoms with Crippen LogP contribution in [-0.4, -0.2) is 24.0 Å². The van der Waals surface area contributed by atoms with Crippen LogP contribution in [0.1, 0.15) is 33.6 Å². The molecule has 1 nitrogen and oxygen atoms in total. The minimum Gasteiger partial charge on any atom is -0.301 e. The summed E-state index contributed by atoms with van der Waals surface area (Å²) in [6.07, 6.45) is 2.83. The van der Waals surface area contributed by atoms with E-state index in [1.54, 1.807) is 0 Å². The van der Waals surface area contributed by atoms with E-state index >= 15 is 0 Å². The van der Waals surface area contributed by atoms with Crippen molar-refractivity contribution in [2.45, 2.75) is 39.7 Å². The van der Waals surface area contributed by atoms with Crippen LogP contribution in [0.2, 0.25) is 0 Å². The van der Waals surface area contributed by atoms with E-state index in [1.165, 1.54) is 25.9 Å². The Hall–Kier alpha value is -0.0400. The van der Waals surface area contributed by atoms with Gasteiger partial charge in [0.2, 0.25) is 0 Å². The highest BCUT2D eigenvalue weighted by Crippen LogP contribution is 2.21. The minimum atomic E-state index is 0.818. The molecule has 0 radical (unpaired) electrons.